The average Bonchev–Trinajstić information content (AvgIpc) is 2.97. The highest BCUT2D eigenvalue weighted by Crippen LogP contribution is 2.24. The van der Waals surface area contributed by atoms with Crippen LogP contribution in [0, 0.1) is 0 Å². The summed E-state index contributed by atoms with van der Waals surface area (Å²) in [4.78, 5) is 5.45. The van der Waals surface area contributed by atoms with Crippen molar-refractivity contribution < 1.29 is 4.74 Å². The van der Waals surface area contributed by atoms with E-state index in [0.29, 0.717) is 0 Å². The highest BCUT2D eigenvalue weighted by molar-refractivity contribution is 4.89. The fraction of sp³-hybridized carbons (Fsp3) is 1.00. The first-order valence-corrected chi connectivity index (χ1v) is 8.10. The molecule has 1 N–H and O–H groups in total. The summed E-state index contributed by atoms with van der Waals surface area (Å²) in [7, 11) is 2.10. The van der Waals surface area contributed by atoms with Crippen LogP contribution in [0.5, 0.6) is 0 Å². The molecule has 3 rings (SSSR count). The minimum atomic E-state index is 0.730. The van der Waals surface area contributed by atoms with E-state index < -0.39 is 0 Å². The number of rotatable bonds is 3. The number of piperidine rings is 1. The van der Waals surface area contributed by atoms with Gasteiger partial charge in [0, 0.05) is 44.4 Å². The molecule has 0 bridgehead atoms. The molecule has 0 saturated carbocycles. The molecule has 0 spiro atoms. The molecule has 3 aliphatic rings. The van der Waals surface area contributed by atoms with Crippen LogP contribution < -0.4 is 5.32 Å². The lowest BCUT2D eigenvalue weighted by molar-refractivity contribution is 0.0155. The number of ether oxygens (including phenoxy) is 1. The van der Waals surface area contributed by atoms with E-state index in [1.807, 2.05) is 0 Å². The largest absolute Gasteiger partial charge is 0.381 e. The Morgan fingerprint density at radius 3 is 2.11 bits per heavy atom. The van der Waals surface area contributed by atoms with Gasteiger partial charge in [0.05, 0.1) is 0 Å². The van der Waals surface area contributed by atoms with Crippen molar-refractivity contribution in [2.24, 2.45) is 0 Å². The van der Waals surface area contributed by atoms with Crippen LogP contribution in [-0.4, -0.2) is 74.4 Å². The number of likely N-dealkylation sites (N-methyl/N-ethyl adjacent to an activating group) is 1. The molecule has 1 atom stereocenters. The second kappa shape index (κ2) is 6.53. The molecule has 3 heterocycles. The maximum atomic E-state index is 5.48. The Hall–Kier alpha value is -0.160. The summed E-state index contributed by atoms with van der Waals surface area (Å²) in [5.74, 6) is 0. The summed E-state index contributed by atoms with van der Waals surface area (Å²) in [5.41, 5.74) is 0. The van der Waals surface area contributed by atoms with Gasteiger partial charge in [-0.25, -0.2) is 0 Å². The van der Waals surface area contributed by atoms with Crippen molar-refractivity contribution in [3.63, 3.8) is 0 Å². The highest BCUT2D eigenvalue weighted by atomic mass is 16.5. The Morgan fingerprint density at radius 1 is 0.842 bits per heavy atom. The van der Waals surface area contributed by atoms with Gasteiger partial charge in [0.25, 0.3) is 0 Å². The van der Waals surface area contributed by atoms with E-state index in [9.17, 15) is 0 Å². The molecule has 0 aromatic carbocycles. The van der Waals surface area contributed by atoms with E-state index in [4.69, 9.17) is 4.74 Å². The fourth-order valence-electron chi connectivity index (χ4n) is 4.02. The van der Waals surface area contributed by atoms with Gasteiger partial charge in [-0.05, 0) is 52.2 Å². The summed E-state index contributed by atoms with van der Waals surface area (Å²) in [5, 5.41) is 3.43. The van der Waals surface area contributed by atoms with Gasteiger partial charge >= 0.3 is 0 Å². The van der Waals surface area contributed by atoms with Crippen molar-refractivity contribution in [2.75, 3.05) is 46.4 Å². The van der Waals surface area contributed by atoms with Gasteiger partial charge in [-0.2, -0.15) is 0 Å². The van der Waals surface area contributed by atoms with Gasteiger partial charge < -0.3 is 15.0 Å². The van der Waals surface area contributed by atoms with Crippen LogP contribution in [0.1, 0.15) is 32.1 Å². The lowest BCUT2D eigenvalue weighted by Gasteiger charge is -2.41. The molecule has 0 amide bonds. The van der Waals surface area contributed by atoms with Gasteiger partial charge in [-0.1, -0.05) is 0 Å². The zero-order valence-corrected chi connectivity index (χ0v) is 12.3. The number of nitrogens with one attached hydrogen (secondary N) is 1. The Morgan fingerprint density at radius 2 is 1.47 bits per heavy atom. The van der Waals surface area contributed by atoms with E-state index in [2.05, 4.69) is 22.2 Å². The average molecular weight is 267 g/mol. The molecule has 0 aromatic rings. The van der Waals surface area contributed by atoms with E-state index in [1.165, 1.54) is 58.3 Å². The minimum Gasteiger partial charge on any atom is -0.381 e. The Balaban J connectivity index is 1.44. The van der Waals surface area contributed by atoms with E-state index in [-0.39, 0.29) is 0 Å². The molecular formula is C15H29N3O. The molecule has 19 heavy (non-hydrogen) atoms. The summed E-state index contributed by atoms with van der Waals surface area (Å²) in [6.07, 6.45) is 6.56. The zero-order chi connectivity index (χ0) is 13.1. The monoisotopic (exact) mass is 267 g/mol. The van der Waals surface area contributed by atoms with E-state index in [0.717, 1.165) is 31.3 Å². The van der Waals surface area contributed by atoms with Gasteiger partial charge in [-0.15, -0.1) is 0 Å². The summed E-state index contributed by atoms with van der Waals surface area (Å²) in [6, 6.07) is 2.38. The number of nitrogens with zero attached hydrogens (tertiary/aromatic N) is 2. The molecule has 4 heteroatoms. The quantitative estimate of drug-likeness (QED) is 0.823. The third-order valence-electron chi connectivity index (χ3n) is 5.35. The number of likely N-dealkylation sites (tertiary alicyclic amines) is 2. The smallest absolute Gasteiger partial charge is 0.0480 e. The molecule has 110 valence electrons. The second-order valence-corrected chi connectivity index (χ2v) is 6.38. The van der Waals surface area contributed by atoms with Crippen molar-refractivity contribution in [3.05, 3.63) is 0 Å². The van der Waals surface area contributed by atoms with Gasteiger partial charge in [-0.3, -0.25) is 4.90 Å². The van der Waals surface area contributed by atoms with Crippen molar-refractivity contribution in [1.29, 1.82) is 0 Å². The molecule has 0 aliphatic carbocycles. The topological polar surface area (TPSA) is 27.7 Å². The standard InChI is InChI=1S/C15H29N3O/c1-16-13-2-7-18(12-13)14-3-8-17(9-4-14)15-5-10-19-11-6-15/h13-16H,2-12H2,1H3. The van der Waals surface area contributed by atoms with Crippen LogP contribution in [0.4, 0.5) is 0 Å². The molecule has 1 unspecified atom stereocenters. The Labute approximate surface area is 117 Å². The normalized spacial score (nSPS) is 33.0. The fourth-order valence-corrected chi connectivity index (χ4v) is 4.02. The molecular weight excluding hydrogens is 238 g/mol. The summed E-state index contributed by atoms with van der Waals surface area (Å²) < 4.78 is 5.48. The van der Waals surface area contributed by atoms with Gasteiger partial charge in [0.1, 0.15) is 0 Å². The van der Waals surface area contributed by atoms with Crippen LogP contribution in [0.2, 0.25) is 0 Å². The van der Waals surface area contributed by atoms with Crippen molar-refractivity contribution in [1.82, 2.24) is 15.1 Å². The first kappa shape index (κ1) is 13.8. The zero-order valence-electron chi connectivity index (χ0n) is 12.3. The van der Waals surface area contributed by atoms with Crippen LogP contribution in [0.25, 0.3) is 0 Å². The lowest BCUT2D eigenvalue weighted by Crippen LogP contribution is -2.49. The third-order valence-corrected chi connectivity index (χ3v) is 5.35. The second-order valence-electron chi connectivity index (χ2n) is 6.38. The van der Waals surface area contributed by atoms with Crippen LogP contribution in [-0.2, 0) is 4.74 Å². The van der Waals surface area contributed by atoms with Gasteiger partial charge in [0.15, 0.2) is 0 Å². The van der Waals surface area contributed by atoms with E-state index >= 15 is 0 Å². The predicted molar refractivity (Wildman–Crippen MR) is 77.5 cm³/mol. The van der Waals surface area contributed by atoms with Crippen molar-refractivity contribution >= 4 is 0 Å². The van der Waals surface area contributed by atoms with E-state index in [1.54, 1.807) is 0 Å². The molecule has 4 nitrogen and oxygen atoms in total. The molecule has 3 fully saturated rings. The Kier molecular flexibility index (Phi) is 4.74. The molecule has 3 aliphatic heterocycles. The number of hydrogen-bond donors (Lipinski definition) is 1. The van der Waals surface area contributed by atoms with Crippen LogP contribution >= 0.6 is 0 Å². The van der Waals surface area contributed by atoms with Crippen molar-refractivity contribution in [3.8, 4) is 0 Å². The van der Waals surface area contributed by atoms with Crippen molar-refractivity contribution in [2.45, 2.75) is 50.2 Å². The number of hydrogen-bond acceptors (Lipinski definition) is 4. The minimum absolute atomic E-state index is 0.730. The first-order valence-electron chi connectivity index (χ1n) is 8.10. The Bertz CT molecular complexity index is 273. The van der Waals surface area contributed by atoms with Crippen LogP contribution in [0.15, 0.2) is 0 Å². The molecule has 0 aromatic heterocycles. The lowest BCUT2D eigenvalue weighted by atomic mass is 9.99. The van der Waals surface area contributed by atoms with Crippen LogP contribution in [0.3, 0.4) is 0 Å². The molecule has 0 radical (unpaired) electrons. The molecule has 3 saturated heterocycles. The SMILES string of the molecule is CNC1CCN(C2CCN(C3CCOCC3)CC2)C1. The third kappa shape index (κ3) is 3.30. The highest BCUT2D eigenvalue weighted by Gasteiger charge is 2.32. The van der Waals surface area contributed by atoms with Gasteiger partial charge in [0.2, 0.25) is 0 Å². The summed E-state index contributed by atoms with van der Waals surface area (Å²) >= 11 is 0. The maximum absolute atomic E-state index is 5.48. The maximum Gasteiger partial charge on any atom is 0.0480 e. The summed E-state index contributed by atoms with van der Waals surface area (Å²) in [6.45, 7) is 7.11. The predicted octanol–water partition coefficient (Wildman–Crippen LogP) is 0.923. The first-order chi connectivity index (χ1) is 9.36.